The Morgan fingerprint density at radius 2 is 1.97 bits per heavy atom. The molecule has 5 fully saturated rings. The molecule has 1 saturated carbocycles. The molecular formula is C23H30FNO5. The zero-order valence-electron chi connectivity index (χ0n) is 17.7. The Kier molecular flexibility index (Phi) is 4.93. The number of halogens is 1. The Labute approximate surface area is 176 Å². The lowest BCUT2D eigenvalue weighted by Gasteiger charge is -2.60. The summed E-state index contributed by atoms with van der Waals surface area (Å²) in [5.74, 6) is -0.705. The van der Waals surface area contributed by atoms with Crippen LogP contribution in [0.4, 0.5) is 4.39 Å². The van der Waals surface area contributed by atoms with Crippen LogP contribution < -0.4 is 5.32 Å². The number of amides is 1. The van der Waals surface area contributed by atoms with Crippen molar-refractivity contribution in [1.29, 1.82) is 0 Å². The van der Waals surface area contributed by atoms with Gasteiger partial charge in [0, 0.05) is 24.4 Å². The lowest BCUT2D eigenvalue weighted by molar-refractivity contribution is -0.569. The van der Waals surface area contributed by atoms with Gasteiger partial charge in [-0.05, 0) is 50.0 Å². The van der Waals surface area contributed by atoms with Gasteiger partial charge in [-0.1, -0.05) is 32.0 Å². The molecule has 1 amide bonds. The first-order valence-electron chi connectivity index (χ1n) is 11.1. The number of hydrogen-bond donors (Lipinski definition) is 1. The lowest BCUT2D eigenvalue weighted by Crippen LogP contribution is -2.71. The Morgan fingerprint density at radius 1 is 1.17 bits per heavy atom. The van der Waals surface area contributed by atoms with Crippen molar-refractivity contribution < 1.29 is 28.4 Å². The fourth-order valence-electron chi connectivity index (χ4n) is 6.13. The largest absolute Gasteiger partial charge is 0.350 e. The number of carbonyl (C=O) groups is 1. The highest BCUT2D eigenvalue weighted by atomic mass is 19.1. The van der Waals surface area contributed by atoms with E-state index in [1.54, 1.807) is 18.2 Å². The number of nitrogens with one attached hydrogen (secondary N) is 1. The Bertz CT molecular complexity index is 836. The van der Waals surface area contributed by atoms with E-state index in [4.69, 9.17) is 19.2 Å². The van der Waals surface area contributed by atoms with E-state index in [1.165, 1.54) is 6.07 Å². The van der Waals surface area contributed by atoms with Gasteiger partial charge < -0.3 is 14.8 Å². The molecule has 0 aromatic heterocycles. The second kappa shape index (κ2) is 7.26. The van der Waals surface area contributed by atoms with Crippen LogP contribution in [0, 0.1) is 29.5 Å². The molecule has 6 nitrogen and oxygen atoms in total. The van der Waals surface area contributed by atoms with Crippen molar-refractivity contribution in [2.75, 3.05) is 0 Å². The monoisotopic (exact) mass is 419 g/mol. The second-order valence-electron chi connectivity index (χ2n) is 9.64. The number of fused-ring (bicyclic) bond motifs is 2. The molecule has 1 spiro atoms. The molecule has 1 aromatic rings. The van der Waals surface area contributed by atoms with Crippen LogP contribution in [0.3, 0.4) is 0 Å². The van der Waals surface area contributed by atoms with Crippen LogP contribution in [0.25, 0.3) is 0 Å². The van der Waals surface area contributed by atoms with Crippen molar-refractivity contribution in [3.63, 3.8) is 0 Å². The number of carbonyl (C=O) groups excluding carboxylic acids is 1. The van der Waals surface area contributed by atoms with Crippen LogP contribution in [-0.2, 0) is 30.6 Å². The summed E-state index contributed by atoms with van der Waals surface area (Å²) in [6, 6.07) is 6.45. The van der Waals surface area contributed by atoms with E-state index >= 15 is 0 Å². The Morgan fingerprint density at radius 3 is 2.77 bits per heavy atom. The zero-order chi connectivity index (χ0) is 21.1. The summed E-state index contributed by atoms with van der Waals surface area (Å²) in [7, 11) is 0. The number of ether oxygens (including phenoxy) is 2. The van der Waals surface area contributed by atoms with Crippen molar-refractivity contribution in [2.45, 2.75) is 76.8 Å². The minimum absolute atomic E-state index is 0.0773. The van der Waals surface area contributed by atoms with Gasteiger partial charge in [0.2, 0.25) is 11.7 Å². The third-order valence-corrected chi connectivity index (χ3v) is 7.83. The molecule has 1 N–H and O–H groups in total. The van der Waals surface area contributed by atoms with E-state index < -0.39 is 23.8 Å². The summed E-state index contributed by atoms with van der Waals surface area (Å²) >= 11 is 0. The van der Waals surface area contributed by atoms with Gasteiger partial charge in [-0.15, -0.1) is 0 Å². The Hall–Kier alpha value is -1.54. The summed E-state index contributed by atoms with van der Waals surface area (Å²) in [5.41, 5.74) is -0.235. The maximum absolute atomic E-state index is 13.9. The molecule has 4 aliphatic heterocycles. The van der Waals surface area contributed by atoms with Crippen LogP contribution >= 0.6 is 0 Å². The molecule has 8 atom stereocenters. The highest BCUT2D eigenvalue weighted by Crippen LogP contribution is 2.60. The lowest BCUT2D eigenvalue weighted by atomic mass is 9.57. The first-order chi connectivity index (χ1) is 14.3. The number of rotatable bonds is 3. The molecule has 2 bridgehead atoms. The molecule has 4 heterocycles. The van der Waals surface area contributed by atoms with Crippen molar-refractivity contribution >= 4 is 5.91 Å². The van der Waals surface area contributed by atoms with Gasteiger partial charge in [0.25, 0.3) is 0 Å². The predicted molar refractivity (Wildman–Crippen MR) is 105 cm³/mol. The molecule has 6 rings (SSSR count). The van der Waals surface area contributed by atoms with Gasteiger partial charge in [0.05, 0.1) is 0 Å². The van der Waals surface area contributed by atoms with E-state index in [9.17, 15) is 9.18 Å². The maximum atomic E-state index is 13.9. The standard InChI is InChI=1S/C23H30FNO5/c1-13-8-9-17-14(2)19(20(26)25-12-15-6-4-5-7-18(15)24)27-21-23(17)16(13)10-11-22(3,28-21)29-30-23/h4-7,13-14,16-17,19,21H,8-12H2,1-3H3,(H,25,26)/t13-,14-,16+,17+,19-,21-,22-,23-/m1/s1. The fourth-order valence-corrected chi connectivity index (χ4v) is 6.13. The van der Waals surface area contributed by atoms with Crippen LogP contribution in [-0.4, -0.2) is 29.7 Å². The summed E-state index contributed by atoms with van der Waals surface area (Å²) in [4.78, 5) is 25.0. The fraction of sp³-hybridized carbons (Fsp3) is 0.696. The van der Waals surface area contributed by atoms with Gasteiger partial charge in [-0.3, -0.25) is 4.79 Å². The SMILES string of the molecule is C[C@H]1[C@H](C(=O)NCc2ccccc2F)O[C@@H]2O[C@@]3(C)CC[C@H]4[C@H](C)CC[C@@H]1[C@@]24OO3. The summed E-state index contributed by atoms with van der Waals surface area (Å²) in [5, 5.41) is 2.85. The molecule has 5 aliphatic rings. The van der Waals surface area contributed by atoms with Crippen LogP contribution in [0.15, 0.2) is 24.3 Å². The molecule has 7 heteroatoms. The summed E-state index contributed by atoms with van der Waals surface area (Å²) in [6.45, 7) is 6.29. The van der Waals surface area contributed by atoms with Crippen LogP contribution in [0.2, 0.25) is 0 Å². The highest BCUT2D eigenvalue weighted by Gasteiger charge is 2.69. The normalized spacial score (nSPS) is 44.8. The zero-order valence-corrected chi connectivity index (χ0v) is 17.7. The molecule has 1 aliphatic carbocycles. The minimum atomic E-state index is -0.869. The van der Waals surface area contributed by atoms with E-state index in [-0.39, 0.29) is 36.0 Å². The van der Waals surface area contributed by atoms with E-state index in [0.29, 0.717) is 11.5 Å². The molecule has 1 aromatic carbocycles. The summed E-state index contributed by atoms with van der Waals surface area (Å²) < 4.78 is 26.5. The van der Waals surface area contributed by atoms with Crippen molar-refractivity contribution in [1.82, 2.24) is 5.32 Å². The topological polar surface area (TPSA) is 66.0 Å². The quantitative estimate of drug-likeness (QED) is 0.757. The first kappa shape index (κ1) is 20.4. The molecular weight excluding hydrogens is 389 g/mol. The van der Waals surface area contributed by atoms with E-state index in [0.717, 1.165) is 25.7 Å². The van der Waals surface area contributed by atoms with E-state index in [1.807, 2.05) is 13.8 Å². The van der Waals surface area contributed by atoms with Crippen molar-refractivity contribution in [3.05, 3.63) is 35.6 Å². The molecule has 30 heavy (non-hydrogen) atoms. The molecule has 0 unspecified atom stereocenters. The number of hydrogen-bond acceptors (Lipinski definition) is 5. The van der Waals surface area contributed by atoms with Gasteiger partial charge in [0.15, 0.2) is 11.9 Å². The Balaban J connectivity index is 1.40. The van der Waals surface area contributed by atoms with Crippen molar-refractivity contribution in [2.24, 2.45) is 23.7 Å². The third kappa shape index (κ3) is 3.01. The van der Waals surface area contributed by atoms with Gasteiger partial charge in [0.1, 0.15) is 11.9 Å². The molecule has 164 valence electrons. The van der Waals surface area contributed by atoms with Gasteiger partial charge >= 0.3 is 0 Å². The van der Waals surface area contributed by atoms with E-state index in [2.05, 4.69) is 12.2 Å². The van der Waals surface area contributed by atoms with Gasteiger partial charge in [-0.2, -0.15) is 0 Å². The van der Waals surface area contributed by atoms with Gasteiger partial charge in [-0.25, -0.2) is 14.2 Å². The molecule has 4 saturated heterocycles. The third-order valence-electron chi connectivity index (χ3n) is 7.83. The second-order valence-corrected chi connectivity index (χ2v) is 9.64. The summed E-state index contributed by atoms with van der Waals surface area (Å²) in [6.07, 6.45) is 2.35. The molecule has 0 radical (unpaired) electrons. The predicted octanol–water partition coefficient (Wildman–Crippen LogP) is 3.69. The number of benzene rings is 1. The van der Waals surface area contributed by atoms with Crippen molar-refractivity contribution in [3.8, 4) is 0 Å². The van der Waals surface area contributed by atoms with Crippen LogP contribution in [0.1, 0.15) is 52.0 Å². The highest BCUT2D eigenvalue weighted by molar-refractivity contribution is 5.81. The smallest absolute Gasteiger partial charge is 0.249 e. The maximum Gasteiger partial charge on any atom is 0.249 e. The average molecular weight is 419 g/mol. The average Bonchev–Trinajstić information content (AvgIpc) is 2.96. The first-order valence-corrected chi connectivity index (χ1v) is 11.1. The minimum Gasteiger partial charge on any atom is -0.350 e. The van der Waals surface area contributed by atoms with Crippen LogP contribution in [0.5, 0.6) is 0 Å².